The fourth-order valence-corrected chi connectivity index (χ4v) is 0.827. The van der Waals surface area contributed by atoms with Crippen LogP contribution in [0.3, 0.4) is 0 Å². The topological polar surface area (TPSA) is 64.3 Å². The summed E-state index contributed by atoms with van der Waals surface area (Å²) < 4.78 is 4.54. The highest BCUT2D eigenvalue weighted by Crippen LogP contribution is 2.07. The third kappa shape index (κ3) is 2.86. The SMILES string of the molecule is CC[C@H](C)[C@H](NN)C(=O)OC. The summed E-state index contributed by atoms with van der Waals surface area (Å²) in [5.41, 5.74) is 2.43. The second kappa shape index (κ2) is 5.09. The Morgan fingerprint density at radius 2 is 2.27 bits per heavy atom. The molecule has 0 aromatic heterocycles. The van der Waals surface area contributed by atoms with Crippen LogP contribution >= 0.6 is 0 Å². The highest BCUT2D eigenvalue weighted by atomic mass is 16.5. The van der Waals surface area contributed by atoms with Crippen molar-refractivity contribution < 1.29 is 9.53 Å². The van der Waals surface area contributed by atoms with Crippen molar-refractivity contribution in [2.45, 2.75) is 26.3 Å². The molecule has 4 nitrogen and oxygen atoms in total. The van der Waals surface area contributed by atoms with Gasteiger partial charge in [-0.2, -0.15) is 0 Å². The molecule has 3 N–H and O–H groups in total. The van der Waals surface area contributed by atoms with E-state index >= 15 is 0 Å². The summed E-state index contributed by atoms with van der Waals surface area (Å²) in [6.45, 7) is 3.94. The van der Waals surface area contributed by atoms with Gasteiger partial charge < -0.3 is 4.74 Å². The molecule has 11 heavy (non-hydrogen) atoms. The summed E-state index contributed by atoms with van der Waals surface area (Å²) in [5.74, 6) is 5.07. The summed E-state index contributed by atoms with van der Waals surface area (Å²) in [6.07, 6.45) is 0.893. The maximum Gasteiger partial charge on any atom is 0.324 e. The average molecular weight is 160 g/mol. The van der Waals surface area contributed by atoms with E-state index in [9.17, 15) is 4.79 Å². The van der Waals surface area contributed by atoms with Crippen LogP contribution in [-0.4, -0.2) is 19.1 Å². The molecule has 0 saturated carbocycles. The van der Waals surface area contributed by atoms with Crippen LogP contribution in [0.1, 0.15) is 20.3 Å². The first kappa shape index (κ1) is 10.4. The Balaban J connectivity index is 4.03. The molecular weight excluding hydrogens is 144 g/mol. The van der Waals surface area contributed by atoms with Crippen molar-refractivity contribution in [1.82, 2.24) is 5.43 Å². The standard InChI is InChI=1S/C7H16N2O2/c1-4-5(2)6(9-8)7(10)11-3/h5-6,9H,4,8H2,1-3H3/t5-,6-/m0/s1. The first-order valence-corrected chi connectivity index (χ1v) is 3.71. The maximum atomic E-state index is 11.0. The molecule has 0 aliphatic carbocycles. The van der Waals surface area contributed by atoms with E-state index in [4.69, 9.17) is 5.84 Å². The van der Waals surface area contributed by atoms with E-state index in [1.807, 2.05) is 13.8 Å². The van der Waals surface area contributed by atoms with Crippen LogP contribution in [0.25, 0.3) is 0 Å². The van der Waals surface area contributed by atoms with Crippen LogP contribution in [0.2, 0.25) is 0 Å². The lowest BCUT2D eigenvalue weighted by atomic mass is 10.0. The van der Waals surface area contributed by atoms with E-state index in [1.54, 1.807) is 0 Å². The van der Waals surface area contributed by atoms with E-state index in [0.29, 0.717) is 0 Å². The Morgan fingerprint density at radius 1 is 1.73 bits per heavy atom. The number of nitrogens with one attached hydrogen (secondary N) is 1. The molecule has 2 atom stereocenters. The minimum absolute atomic E-state index is 0.201. The summed E-state index contributed by atoms with van der Waals surface area (Å²) >= 11 is 0. The van der Waals surface area contributed by atoms with E-state index in [2.05, 4.69) is 10.2 Å². The Labute approximate surface area is 67.1 Å². The molecule has 0 aliphatic rings. The molecule has 0 aliphatic heterocycles. The van der Waals surface area contributed by atoms with E-state index in [1.165, 1.54) is 7.11 Å². The molecule has 0 fully saturated rings. The monoisotopic (exact) mass is 160 g/mol. The zero-order chi connectivity index (χ0) is 8.85. The predicted molar refractivity (Wildman–Crippen MR) is 42.6 cm³/mol. The Morgan fingerprint density at radius 3 is 2.55 bits per heavy atom. The summed E-state index contributed by atoms with van der Waals surface area (Å²) in [6, 6.07) is -0.384. The molecule has 66 valence electrons. The molecule has 0 heterocycles. The van der Waals surface area contributed by atoms with Gasteiger partial charge in [-0.25, -0.2) is 5.43 Å². The molecule has 4 heteroatoms. The van der Waals surface area contributed by atoms with Gasteiger partial charge >= 0.3 is 5.97 Å². The number of hydrogen-bond acceptors (Lipinski definition) is 4. The number of nitrogens with two attached hydrogens (primary N) is 1. The van der Waals surface area contributed by atoms with Crippen molar-refractivity contribution >= 4 is 5.97 Å². The molecule has 0 aromatic rings. The minimum atomic E-state index is -0.384. The lowest BCUT2D eigenvalue weighted by molar-refractivity contribution is -0.144. The lowest BCUT2D eigenvalue weighted by Crippen LogP contribution is -2.46. The number of carbonyl (C=O) groups excluding carboxylic acids is 1. The number of carbonyl (C=O) groups is 1. The quantitative estimate of drug-likeness (QED) is 0.346. The van der Waals surface area contributed by atoms with Gasteiger partial charge in [0.2, 0.25) is 0 Å². The van der Waals surface area contributed by atoms with Gasteiger partial charge in [-0.15, -0.1) is 0 Å². The molecular formula is C7H16N2O2. The van der Waals surface area contributed by atoms with Gasteiger partial charge in [0.05, 0.1) is 7.11 Å². The van der Waals surface area contributed by atoms with Crippen molar-refractivity contribution in [3.05, 3.63) is 0 Å². The highest BCUT2D eigenvalue weighted by Gasteiger charge is 2.22. The number of hydrogen-bond donors (Lipinski definition) is 2. The maximum absolute atomic E-state index is 11.0. The van der Waals surface area contributed by atoms with Gasteiger partial charge in [-0.3, -0.25) is 10.6 Å². The predicted octanol–water partition coefficient (Wildman–Crippen LogP) is 0.0374. The number of ether oxygens (including phenoxy) is 1. The average Bonchev–Trinajstić information content (AvgIpc) is 2.05. The van der Waals surface area contributed by atoms with Crippen LogP contribution in [0.4, 0.5) is 0 Å². The third-order valence-corrected chi connectivity index (χ3v) is 1.85. The second-order valence-corrected chi connectivity index (χ2v) is 2.55. The van der Waals surface area contributed by atoms with Crippen molar-refractivity contribution in [3.8, 4) is 0 Å². The molecule has 0 unspecified atom stereocenters. The third-order valence-electron chi connectivity index (χ3n) is 1.85. The van der Waals surface area contributed by atoms with Gasteiger partial charge in [0.25, 0.3) is 0 Å². The number of hydrazine groups is 1. The fraction of sp³-hybridized carbons (Fsp3) is 0.857. The molecule has 0 bridgehead atoms. The number of methoxy groups -OCH3 is 1. The van der Waals surface area contributed by atoms with Gasteiger partial charge in [-0.05, 0) is 5.92 Å². The van der Waals surface area contributed by atoms with Gasteiger partial charge in [0, 0.05) is 0 Å². The zero-order valence-electron chi connectivity index (χ0n) is 7.26. The van der Waals surface area contributed by atoms with Gasteiger partial charge in [-0.1, -0.05) is 20.3 Å². The van der Waals surface area contributed by atoms with Crippen molar-refractivity contribution in [1.29, 1.82) is 0 Å². The van der Waals surface area contributed by atoms with Crippen LogP contribution < -0.4 is 11.3 Å². The van der Waals surface area contributed by atoms with Crippen molar-refractivity contribution in [3.63, 3.8) is 0 Å². The first-order valence-electron chi connectivity index (χ1n) is 3.71. The Bertz CT molecular complexity index is 128. The smallest absolute Gasteiger partial charge is 0.324 e. The molecule has 0 rings (SSSR count). The van der Waals surface area contributed by atoms with Crippen LogP contribution in [0, 0.1) is 5.92 Å². The lowest BCUT2D eigenvalue weighted by Gasteiger charge is -2.18. The fourth-order valence-electron chi connectivity index (χ4n) is 0.827. The van der Waals surface area contributed by atoms with Gasteiger partial charge in [0.1, 0.15) is 6.04 Å². The van der Waals surface area contributed by atoms with Crippen molar-refractivity contribution in [2.24, 2.45) is 11.8 Å². The normalized spacial score (nSPS) is 15.6. The van der Waals surface area contributed by atoms with Crippen molar-refractivity contribution in [2.75, 3.05) is 7.11 Å². The van der Waals surface area contributed by atoms with Crippen LogP contribution in [0.15, 0.2) is 0 Å². The van der Waals surface area contributed by atoms with E-state index in [-0.39, 0.29) is 17.9 Å². The van der Waals surface area contributed by atoms with Crippen LogP contribution in [0.5, 0.6) is 0 Å². The first-order chi connectivity index (χ1) is 5.17. The Kier molecular flexibility index (Phi) is 4.81. The number of esters is 1. The zero-order valence-corrected chi connectivity index (χ0v) is 7.26. The molecule has 0 aromatic carbocycles. The second-order valence-electron chi connectivity index (χ2n) is 2.55. The minimum Gasteiger partial charge on any atom is -0.468 e. The van der Waals surface area contributed by atoms with Crippen LogP contribution in [-0.2, 0) is 9.53 Å². The molecule has 0 saturated heterocycles. The largest absolute Gasteiger partial charge is 0.468 e. The Hall–Kier alpha value is -0.610. The molecule has 0 amide bonds. The molecule has 0 radical (unpaired) electrons. The van der Waals surface area contributed by atoms with E-state index < -0.39 is 0 Å². The summed E-state index contributed by atoms with van der Waals surface area (Å²) in [7, 11) is 1.36. The molecule has 0 spiro atoms. The highest BCUT2D eigenvalue weighted by molar-refractivity contribution is 5.75. The van der Waals surface area contributed by atoms with Gasteiger partial charge in [0.15, 0.2) is 0 Å². The van der Waals surface area contributed by atoms with E-state index in [0.717, 1.165) is 6.42 Å². The number of rotatable bonds is 4. The summed E-state index contributed by atoms with van der Waals surface area (Å²) in [5, 5.41) is 0. The summed E-state index contributed by atoms with van der Waals surface area (Å²) in [4.78, 5) is 11.0.